The van der Waals surface area contributed by atoms with Crippen molar-refractivity contribution in [2.24, 2.45) is 0 Å². The Labute approximate surface area is 124 Å². The molecule has 2 aromatic rings. The summed E-state index contributed by atoms with van der Waals surface area (Å²) in [6.07, 6.45) is 1.95. The van der Waals surface area contributed by atoms with Crippen molar-refractivity contribution in [1.29, 1.82) is 0 Å². The molecule has 5 nitrogen and oxygen atoms in total. The Morgan fingerprint density at radius 1 is 1.29 bits per heavy atom. The van der Waals surface area contributed by atoms with Gasteiger partial charge >= 0.3 is 5.97 Å². The molecular formula is C16H19N3O2. The molecule has 21 heavy (non-hydrogen) atoms. The molecule has 0 aliphatic rings. The molecule has 0 aliphatic carbocycles. The highest BCUT2D eigenvalue weighted by molar-refractivity contribution is 5.70. The number of carbonyl (C=O) groups is 1. The summed E-state index contributed by atoms with van der Waals surface area (Å²) in [5.41, 5.74) is 1.86. The van der Waals surface area contributed by atoms with E-state index in [2.05, 4.69) is 15.3 Å². The lowest BCUT2D eigenvalue weighted by Crippen LogP contribution is -2.22. The van der Waals surface area contributed by atoms with E-state index in [1.165, 1.54) is 0 Å². The van der Waals surface area contributed by atoms with Gasteiger partial charge in [-0.05, 0) is 25.5 Å². The standard InChI is InChI=1S/C16H19N3O2/c1-12-8-9-17-16(18-12)19-13(2)10-15(20)21-11-14-6-4-3-5-7-14/h3-9,13H,10-11H2,1-2H3,(H,17,18,19). The minimum Gasteiger partial charge on any atom is -0.461 e. The zero-order valence-electron chi connectivity index (χ0n) is 12.2. The molecule has 1 N–H and O–H groups in total. The highest BCUT2D eigenvalue weighted by Gasteiger charge is 2.11. The van der Waals surface area contributed by atoms with E-state index in [9.17, 15) is 4.79 Å². The van der Waals surface area contributed by atoms with Gasteiger partial charge in [0.25, 0.3) is 0 Å². The number of hydrogen-bond donors (Lipinski definition) is 1. The van der Waals surface area contributed by atoms with Crippen LogP contribution in [0, 0.1) is 6.92 Å². The van der Waals surface area contributed by atoms with Crippen molar-refractivity contribution >= 4 is 11.9 Å². The molecule has 1 aromatic carbocycles. The van der Waals surface area contributed by atoms with Gasteiger partial charge in [-0.1, -0.05) is 30.3 Å². The highest BCUT2D eigenvalue weighted by Crippen LogP contribution is 2.06. The summed E-state index contributed by atoms with van der Waals surface area (Å²) in [6, 6.07) is 11.4. The van der Waals surface area contributed by atoms with Crippen LogP contribution in [-0.4, -0.2) is 22.0 Å². The van der Waals surface area contributed by atoms with Gasteiger partial charge in [-0.25, -0.2) is 9.97 Å². The number of ether oxygens (including phenoxy) is 1. The second-order valence-electron chi connectivity index (χ2n) is 4.92. The number of aryl methyl sites for hydroxylation is 1. The molecule has 1 aromatic heterocycles. The van der Waals surface area contributed by atoms with E-state index in [1.807, 2.05) is 50.2 Å². The van der Waals surface area contributed by atoms with Crippen molar-refractivity contribution in [3.63, 3.8) is 0 Å². The molecule has 0 amide bonds. The third-order valence-electron chi connectivity index (χ3n) is 2.89. The SMILES string of the molecule is Cc1ccnc(NC(C)CC(=O)OCc2ccccc2)n1. The predicted octanol–water partition coefficient (Wildman–Crippen LogP) is 2.72. The average molecular weight is 285 g/mol. The summed E-state index contributed by atoms with van der Waals surface area (Å²) in [4.78, 5) is 20.1. The quantitative estimate of drug-likeness (QED) is 0.827. The van der Waals surface area contributed by atoms with E-state index in [0.717, 1.165) is 11.3 Å². The molecule has 0 aliphatic heterocycles. The smallest absolute Gasteiger partial charge is 0.308 e. The number of esters is 1. The molecule has 0 saturated heterocycles. The lowest BCUT2D eigenvalue weighted by molar-refractivity contribution is -0.145. The second-order valence-corrected chi connectivity index (χ2v) is 4.92. The molecule has 0 radical (unpaired) electrons. The van der Waals surface area contributed by atoms with Crippen molar-refractivity contribution in [3.05, 3.63) is 53.9 Å². The van der Waals surface area contributed by atoms with Gasteiger partial charge < -0.3 is 10.1 Å². The maximum absolute atomic E-state index is 11.8. The van der Waals surface area contributed by atoms with Gasteiger partial charge in [0.2, 0.25) is 5.95 Å². The van der Waals surface area contributed by atoms with Crippen LogP contribution in [0.25, 0.3) is 0 Å². The van der Waals surface area contributed by atoms with E-state index < -0.39 is 0 Å². The lowest BCUT2D eigenvalue weighted by Gasteiger charge is -2.13. The van der Waals surface area contributed by atoms with Crippen LogP contribution in [0.1, 0.15) is 24.6 Å². The van der Waals surface area contributed by atoms with Crippen LogP contribution in [0.4, 0.5) is 5.95 Å². The van der Waals surface area contributed by atoms with Gasteiger partial charge in [-0.3, -0.25) is 4.79 Å². The maximum Gasteiger partial charge on any atom is 0.308 e. The average Bonchev–Trinajstić information content (AvgIpc) is 2.46. The minimum absolute atomic E-state index is 0.0879. The van der Waals surface area contributed by atoms with Crippen molar-refractivity contribution in [2.75, 3.05) is 5.32 Å². The van der Waals surface area contributed by atoms with Crippen molar-refractivity contribution in [2.45, 2.75) is 32.9 Å². The summed E-state index contributed by atoms with van der Waals surface area (Å²) in [5, 5.41) is 3.09. The molecule has 1 unspecified atom stereocenters. The van der Waals surface area contributed by atoms with Gasteiger partial charge in [0, 0.05) is 17.9 Å². The van der Waals surface area contributed by atoms with Gasteiger partial charge in [0.15, 0.2) is 0 Å². The van der Waals surface area contributed by atoms with Gasteiger partial charge in [-0.2, -0.15) is 0 Å². The number of nitrogens with one attached hydrogen (secondary N) is 1. The van der Waals surface area contributed by atoms with Gasteiger partial charge in [0.1, 0.15) is 6.61 Å². The van der Waals surface area contributed by atoms with Crippen molar-refractivity contribution in [3.8, 4) is 0 Å². The fraction of sp³-hybridized carbons (Fsp3) is 0.312. The predicted molar refractivity (Wildman–Crippen MR) is 80.7 cm³/mol. The van der Waals surface area contributed by atoms with Crippen LogP contribution in [0.5, 0.6) is 0 Å². The number of nitrogens with zero attached hydrogens (tertiary/aromatic N) is 2. The monoisotopic (exact) mass is 285 g/mol. The van der Waals surface area contributed by atoms with Crippen LogP contribution >= 0.6 is 0 Å². The first kappa shape index (κ1) is 15.0. The number of carbonyl (C=O) groups excluding carboxylic acids is 1. The first-order chi connectivity index (χ1) is 10.1. The van der Waals surface area contributed by atoms with Crippen molar-refractivity contribution < 1.29 is 9.53 Å². The first-order valence-electron chi connectivity index (χ1n) is 6.89. The minimum atomic E-state index is -0.244. The molecule has 0 saturated carbocycles. The van der Waals surface area contributed by atoms with Crippen molar-refractivity contribution in [1.82, 2.24) is 9.97 Å². The number of hydrogen-bond acceptors (Lipinski definition) is 5. The topological polar surface area (TPSA) is 64.1 Å². The summed E-state index contributed by atoms with van der Waals surface area (Å²) >= 11 is 0. The maximum atomic E-state index is 11.8. The molecule has 0 bridgehead atoms. The van der Waals surface area contributed by atoms with Crippen LogP contribution in [0.15, 0.2) is 42.6 Å². The van der Waals surface area contributed by atoms with Crippen LogP contribution < -0.4 is 5.32 Å². The normalized spacial score (nSPS) is 11.7. The molecule has 2 rings (SSSR count). The zero-order valence-corrected chi connectivity index (χ0v) is 12.2. The number of rotatable bonds is 6. The Balaban J connectivity index is 1.77. The Bertz CT molecular complexity index is 587. The van der Waals surface area contributed by atoms with E-state index in [4.69, 9.17) is 4.74 Å². The summed E-state index contributed by atoms with van der Waals surface area (Å²) in [5.74, 6) is 0.282. The number of anilines is 1. The lowest BCUT2D eigenvalue weighted by atomic mass is 10.2. The number of aromatic nitrogens is 2. The van der Waals surface area contributed by atoms with E-state index in [-0.39, 0.29) is 18.4 Å². The Kier molecular flexibility index (Phi) is 5.26. The Hall–Kier alpha value is -2.43. The molecule has 110 valence electrons. The molecule has 0 fully saturated rings. The largest absolute Gasteiger partial charge is 0.461 e. The summed E-state index contributed by atoms with van der Waals surface area (Å²) in [6.45, 7) is 4.09. The Morgan fingerprint density at radius 3 is 2.76 bits per heavy atom. The van der Waals surface area contributed by atoms with Crippen LogP contribution in [0.2, 0.25) is 0 Å². The van der Waals surface area contributed by atoms with E-state index >= 15 is 0 Å². The summed E-state index contributed by atoms with van der Waals surface area (Å²) < 4.78 is 5.24. The van der Waals surface area contributed by atoms with E-state index in [0.29, 0.717) is 12.6 Å². The van der Waals surface area contributed by atoms with Gasteiger partial charge in [-0.15, -0.1) is 0 Å². The fourth-order valence-electron chi connectivity index (χ4n) is 1.84. The second kappa shape index (κ2) is 7.38. The fourth-order valence-corrected chi connectivity index (χ4v) is 1.84. The third-order valence-corrected chi connectivity index (χ3v) is 2.89. The molecule has 1 heterocycles. The number of benzene rings is 1. The van der Waals surface area contributed by atoms with Gasteiger partial charge in [0.05, 0.1) is 6.42 Å². The highest BCUT2D eigenvalue weighted by atomic mass is 16.5. The first-order valence-corrected chi connectivity index (χ1v) is 6.89. The molecule has 0 spiro atoms. The third kappa shape index (κ3) is 5.22. The summed E-state index contributed by atoms with van der Waals surface area (Å²) in [7, 11) is 0. The van der Waals surface area contributed by atoms with E-state index in [1.54, 1.807) is 6.20 Å². The Morgan fingerprint density at radius 2 is 2.05 bits per heavy atom. The molecule has 5 heteroatoms. The zero-order chi connectivity index (χ0) is 15.1. The van der Waals surface area contributed by atoms with Crippen LogP contribution in [-0.2, 0) is 16.1 Å². The molecular weight excluding hydrogens is 266 g/mol. The molecule has 1 atom stereocenters. The van der Waals surface area contributed by atoms with Crippen LogP contribution in [0.3, 0.4) is 0 Å².